The van der Waals surface area contributed by atoms with Crippen molar-refractivity contribution < 1.29 is 8.42 Å². The van der Waals surface area contributed by atoms with Gasteiger partial charge in [0.15, 0.2) is 0 Å². The second kappa shape index (κ2) is 5.00. The van der Waals surface area contributed by atoms with Gasteiger partial charge in [-0.25, -0.2) is 0 Å². The molecule has 1 atom stereocenters. The third-order valence-corrected chi connectivity index (χ3v) is 5.00. The molecule has 94 valence electrons. The Kier molecular flexibility index (Phi) is 3.84. The zero-order valence-electron chi connectivity index (χ0n) is 9.78. The molecule has 1 heterocycles. The van der Waals surface area contributed by atoms with Crippen LogP contribution in [0.5, 0.6) is 0 Å². The molecule has 2 rings (SSSR count). The van der Waals surface area contributed by atoms with E-state index in [9.17, 15) is 8.42 Å². The van der Waals surface area contributed by atoms with Crippen LogP contribution in [-0.2, 0) is 10.2 Å². The van der Waals surface area contributed by atoms with E-state index in [-0.39, 0.29) is 12.1 Å². The highest BCUT2D eigenvalue weighted by molar-refractivity contribution is 7.87. The molecular formula is C10H21N3O2S. The summed E-state index contributed by atoms with van der Waals surface area (Å²) in [5.74, 6) is 0. The molecule has 0 aromatic heterocycles. The Hall–Kier alpha value is -0.170. The average molecular weight is 247 g/mol. The smallest absolute Gasteiger partial charge is 0.279 e. The molecule has 5 nitrogen and oxygen atoms in total. The van der Waals surface area contributed by atoms with Crippen molar-refractivity contribution in [3.8, 4) is 0 Å². The Morgan fingerprint density at radius 1 is 1.38 bits per heavy atom. The highest BCUT2D eigenvalue weighted by Gasteiger charge is 2.34. The van der Waals surface area contributed by atoms with Gasteiger partial charge in [0.2, 0.25) is 0 Å². The minimum Gasteiger partial charge on any atom is -0.315 e. The van der Waals surface area contributed by atoms with E-state index in [0.29, 0.717) is 6.54 Å². The number of piperidine rings is 1. The largest absolute Gasteiger partial charge is 0.315 e. The summed E-state index contributed by atoms with van der Waals surface area (Å²) in [5, 5.41) is 3.26. The summed E-state index contributed by atoms with van der Waals surface area (Å²) in [6.45, 7) is 4.23. The van der Waals surface area contributed by atoms with Crippen LogP contribution in [0.1, 0.15) is 32.6 Å². The van der Waals surface area contributed by atoms with Gasteiger partial charge in [-0.2, -0.15) is 17.4 Å². The number of rotatable bonds is 5. The summed E-state index contributed by atoms with van der Waals surface area (Å²) in [5.41, 5.74) is 0. The fourth-order valence-corrected chi connectivity index (χ4v) is 3.89. The molecule has 2 fully saturated rings. The van der Waals surface area contributed by atoms with Crippen LogP contribution >= 0.6 is 0 Å². The summed E-state index contributed by atoms with van der Waals surface area (Å²) < 4.78 is 28.6. The van der Waals surface area contributed by atoms with Crippen LogP contribution in [0.2, 0.25) is 0 Å². The molecule has 2 N–H and O–H groups in total. The zero-order valence-corrected chi connectivity index (χ0v) is 10.6. The van der Waals surface area contributed by atoms with E-state index in [4.69, 9.17) is 0 Å². The summed E-state index contributed by atoms with van der Waals surface area (Å²) >= 11 is 0. The van der Waals surface area contributed by atoms with Gasteiger partial charge in [-0.15, -0.1) is 0 Å². The Balaban J connectivity index is 2.01. The van der Waals surface area contributed by atoms with Crippen LogP contribution in [0.3, 0.4) is 0 Å². The first-order chi connectivity index (χ1) is 7.63. The topological polar surface area (TPSA) is 61.4 Å². The predicted octanol–water partition coefficient (Wildman–Crippen LogP) is 0.0571. The lowest BCUT2D eigenvalue weighted by Gasteiger charge is -2.32. The average Bonchev–Trinajstić information content (AvgIpc) is 3.03. The van der Waals surface area contributed by atoms with Gasteiger partial charge in [0.05, 0.1) is 0 Å². The minimum atomic E-state index is -3.27. The summed E-state index contributed by atoms with van der Waals surface area (Å²) in [6.07, 6.45) is 3.99. The number of hydrogen-bond acceptors (Lipinski definition) is 3. The molecule has 0 radical (unpaired) electrons. The molecule has 1 unspecified atom stereocenters. The molecule has 2 aliphatic rings. The van der Waals surface area contributed by atoms with Gasteiger partial charge in [-0.05, 0) is 32.2 Å². The second-order valence-corrected chi connectivity index (χ2v) is 6.26. The normalized spacial score (nSPS) is 27.2. The third kappa shape index (κ3) is 2.94. The lowest BCUT2D eigenvalue weighted by atomic mass is 10.1. The molecule has 16 heavy (non-hydrogen) atoms. The Morgan fingerprint density at radius 2 is 2.12 bits per heavy atom. The quantitative estimate of drug-likeness (QED) is 0.722. The highest BCUT2D eigenvalue weighted by Crippen LogP contribution is 2.22. The van der Waals surface area contributed by atoms with Crippen molar-refractivity contribution in [2.45, 2.75) is 44.7 Å². The van der Waals surface area contributed by atoms with Crippen LogP contribution in [0.25, 0.3) is 0 Å². The van der Waals surface area contributed by atoms with E-state index >= 15 is 0 Å². The van der Waals surface area contributed by atoms with Gasteiger partial charge in [0, 0.05) is 25.2 Å². The van der Waals surface area contributed by atoms with Gasteiger partial charge in [0.25, 0.3) is 10.2 Å². The van der Waals surface area contributed by atoms with Crippen molar-refractivity contribution in [1.82, 2.24) is 14.3 Å². The SMILES string of the molecule is CCN(C1CCCNC1)S(=O)(=O)NC1CC1. The maximum Gasteiger partial charge on any atom is 0.279 e. The van der Waals surface area contributed by atoms with Gasteiger partial charge in [-0.3, -0.25) is 0 Å². The first-order valence-corrected chi connectivity index (χ1v) is 7.57. The maximum absolute atomic E-state index is 12.1. The van der Waals surface area contributed by atoms with Crippen LogP contribution in [0.4, 0.5) is 0 Å². The first kappa shape index (κ1) is 12.3. The fraction of sp³-hybridized carbons (Fsp3) is 1.00. The molecular weight excluding hydrogens is 226 g/mol. The maximum atomic E-state index is 12.1. The summed E-state index contributed by atoms with van der Waals surface area (Å²) in [4.78, 5) is 0. The highest BCUT2D eigenvalue weighted by atomic mass is 32.2. The van der Waals surface area contributed by atoms with Gasteiger partial charge >= 0.3 is 0 Å². The van der Waals surface area contributed by atoms with Crippen molar-refractivity contribution in [3.05, 3.63) is 0 Å². The lowest BCUT2D eigenvalue weighted by Crippen LogP contribution is -2.52. The summed E-state index contributed by atoms with van der Waals surface area (Å²) in [7, 11) is -3.27. The molecule has 0 aromatic rings. The molecule has 1 aliphatic heterocycles. The van der Waals surface area contributed by atoms with E-state index in [1.54, 1.807) is 4.31 Å². The Morgan fingerprint density at radius 3 is 2.62 bits per heavy atom. The lowest BCUT2D eigenvalue weighted by molar-refractivity contribution is 0.271. The number of nitrogens with zero attached hydrogens (tertiary/aromatic N) is 1. The van der Waals surface area contributed by atoms with Gasteiger partial charge in [0.1, 0.15) is 0 Å². The van der Waals surface area contributed by atoms with Crippen LogP contribution < -0.4 is 10.0 Å². The zero-order chi connectivity index (χ0) is 11.6. The molecule has 6 heteroatoms. The number of hydrogen-bond donors (Lipinski definition) is 2. The van der Waals surface area contributed by atoms with Crippen LogP contribution in [0, 0.1) is 0 Å². The van der Waals surface area contributed by atoms with Crippen LogP contribution in [0.15, 0.2) is 0 Å². The Bertz CT molecular complexity index is 321. The molecule has 1 saturated heterocycles. The fourth-order valence-electron chi connectivity index (χ4n) is 2.18. The molecule has 1 saturated carbocycles. The molecule has 0 bridgehead atoms. The molecule has 0 spiro atoms. The monoisotopic (exact) mass is 247 g/mol. The van der Waals surface area contributed by atoms with Gasteiger partial charge in [-0.1, -0.05) is 6.92 Å². The van der Waals surface area contributed by atoms with Gasteiger partial charge < -0.3 is 5.32 Å². The molecule has 0 amide bonds. The standard InChI is InChI=1S/C10H21N3O2S/c1-2-13(10-4-3-7-11-8-10)16(14,15)12-9-5-6-9/h9-12H,2-8H2,1H3. The first-order valence-electron chi connectivity index (χ1n) is 6.13. The van der Waals surface area contributed by atoms with Crippen molar-refractivity contribution in [2.24, 2.45) is 0 Å². The second-order valence-electron chi connectivity index (χ2n) is 4.60. The van der Waals surface area contributed by atoms with E-state index in [2.05, 4.69) is 10.0 Å². The van der Waals surface area contributed by atoms with Crippen molar-refractivity contribution >= 4 is 10.2 Å². The van der Waals surface area contributed by atoms with Crippen molar-refractivity contribution in [2.75, 3.05) is 19.6 Å². The van der Waals surface area contributed by atoms with E-state index in [0.717, 1.165) is 38.8 Å². The summed E-state index contributed by atoms with van der Waals surface area (Å²) in [6, 6.07) is 0.311. The molecule has 1 aliphatic carbocycles. The predicted molar refractivity (Wildman–Crippen MR) is 63.3 cm³/mol. The van der Waals surface area contributed by atoms with E-state index in [1.807, 2.05) is 6.92 Å². The Labute approximate surface area is 97.8 Å². The van der Waals surface area contributed by atoms with Crippen molar-refractivity contribution in [3.63, 3.8) is 0 Å². The van der Waals surface area contributed by atoms with Crippen molar-refractivity contribution in [1.29, 1.82) is 0 Å². The third-order valence-electron chi connectivity index (χ3n) is 3.19. The van der Waals surface area contributed by atoms with E-state index in [1.165, 1.54) is 0 Å². The molecule has 0 aromatic carbocycles. The minimum absolute atomic E-state index is 0.120. The number of nitrogens with one attached hydrogen (secondary N) is 2. The number of likely N-dealkylation sites (N-methyl/N-ethyl adjacent to an activating group) is 1. The van der Waals surface area contributed by atoms with Crippen LogP contribution in [-0.4, -0.2) is 44.4 Å². The van der Waals surface area contributed by atoms with E-state index < -0.39 is 10.2 Å².